The Labute approximate surface area is 213 Å². The summed E-state index contributed by atoms with van der Waals surface area (Å²) in [5.41, 5.74) is 3.18. The maximum atomic E-state index is 15.4. The minimum Gasteiger partial charge on any atom is -0.490 e. The summed E-state index contributed by atoms with van der Waals surface area (Å²) in [7, 11) is 1.49. The van der Waals surface area contributed by atoms with E-state index in [9.17, 15) is 5.26 Å². The Morgan fingerprint density at radius 2 is 1.95 bits per heavy atom. The molecule has 0 amide bonds. The largest absolute Gasteiger partial charge is 0.490 e. The van der Waals surface area contributed by atoms with Crippen LogP contribution in [0, 0.1) is 24.1 Å². The molecule has 2 aliphatic rings. The number of aromatic nitrogens is 5. The lowest BCUT2D eigenvalue weighted by Gasteiger charge is -2.29. The second-order valence-corrected chi connectivity index (χ2v) is 9.67. The molecule has 4 aromatic rings. The number of nitrogens with one attached hydrogen (secondary N) is 1. The van der Waals surface area contributed by atoms with Gasteiger partial charge in [-0.05, 0) is 44.7 Å². The fourth-order valence-corrected chi connectivity index (χ4v) is 5.39. The van der Waals surface area contributed by atoms with E-state index in [1.165, 1.54) is 32.2 Å². The molecule has 3 aromatic heterocycles. The van der Waals surface area contributed by atoms with Crippen molar-refractivity contribution in [1.29, 1.82) is 5.26 Å². The van der Waals surface area contributed by atoms with Crippen LogP contribution in [0.3, 0.4) is 0 Å². The number of rotatable bonds is 6. The Kier molecular flexibility index (Phi) is 5.93. The molecular formula is C27H26FN7O2. The van der Waals surface area contributed by atoms with Crippen molar-refractivity contribution in [2.75, 3.05) is 7.11 Å². The average Bonchev–Trinajstić information content (AvgIpc) is 3.44. The van der Waals surface area contributed by atoms with Crippen LogP contribution >= 0.6 is 0 Å². The van der Waals surface area contributed by atoms with Crippen molar-refractivity contribution >= 4 is 11.2 Å². The van der Waals surface area contributed by atoms with E-state index in [4.69, 9.17) is 14.5 Å². The summed E-state index contributed by atoms with van der Waals surface area (Å²) in [5.74, 6) is 0.674. The molecule has 2 aliphatic heterocycles. The number of nitriles is 1. The Hall–Kier alpha value is -4.10. The molecular weight excluding hydrogens is 473 g/mol. The highest BCUT2D eigenvalue weighted by molar-refractivity contribution is 5.79. The first-order valence-corrected chi connectivity index (χ1v) is 12.4. The van der Waals surface area contributed by atoms with Gasteiger partial charge in [-0.15, -0.1) is 0 Å². The van der Waals surface area contributed by atoms with E-state index < -0.39 is 0 Å². The number of hydrogen-bond acceptors (Lipinski definition) is 8. The minimum absolute atomic E-state index is 0.0974. The molecule has 0 spiro atoms. The van der Waals surface area contributed by atoms with Crippen LogP contribution in [0.25, 0.3) is 22.6 Å². The highest BCUT2D eigenvalue weighted by Gasteiger charge is 2.34. The summed E-state index contributed by atoms with van der Waals surface area (Å²) in [5, 5.41) is 13.0. The first kappa shape index (κ1) is 23.3. The van der Waals surface area contributed by atoms with Gasteiger partial charge in [-0.2, -0.15) is 15.2 Å². The Balaban J connectivity index is 1.36. The van der Waals surface area contributed by atoms with Gasteiger partial charge in [0.1, 0.15) is 35.1 Å². The van der Waals surface area contributed by atoms with Gasteiger partial charge in [0.25, 0.3) is 0 Å². The Bertz CT molecular complexity index is 1520. The zero-order valence-corrected chi connectivity index (χ0v) is 20.6. The fraction of sp³-hybridized carbons (Fsp3) is 0.370. The van der Waals surface area contributed by atoms with Crippen molar-refractivity contribution < 1.29 is 13.9 Å². The lowest BCUT2D eigenvalue weighted by atomic mass is 10.0. The number of nitrogens with zero attached hydrogens (tertiary/aromatic N) is 6. The minimum atomic E-state index is -0.371. The summed E-state index contributed by atoms with van der Waals surface area (Å²) in [6.45, 7) is 1.98. The SMILES string of the molecule is COc1nc(C)c2nc(-c3cncc(C#N)c3)n(Cc3ccc(OC4C[C@H]5CC[C@@H](C4)N5)cc3F)c2n1. The molecule has 2 saturated heterocycles. The van der Waals surface area contributed by atoms with Crippen LogP contribution in [0.2, 0.25) is 0 Å². The van der Waals surface area contributed by atoms with Gasteiger partial charge in [-0.25, -0.2) is 9.37 Å². The third-order valence-electron chi connectivity index (χ3n) is 7.14. The monoisotopic (exact) mass is 499 g/mol. The van der Waals surface area contributed by atoms with Crippen LogP contribution in [0.5, 0.6) is 11.8 Å². The van der Waals surface area contributed by atoms with Crippen molar-refractivity contribution in [1.82, 2.24) is 29.8 Å². The normalized spacial score (nSPS) is 20.6. The molecule has 2 bridgehead atoms. The summed E-state index contributed by atoms with van der Waals surface area (Å²) >= 11 is 0. The van der Waals surface area contributed by atoms with E-state index in [-0.39, 0.29) is 24.5 Å². The number of halogens is 1. The van der Waals surface area contributed by atoms with Gasteiger partial charge in [0.2, 0.25) is 0 Å². The summed E-state index contributed by atoms with van der Waals surface area (Å²) in [6.07, 6.45) is 7.45. The smallest absolute Gasteiger partial charge is 0.318 e. The first-order valence-electron chi connectivity index (χ1n) is 12.4. The Morgan fingerprint density at radius 1 is 1.14 bits per heavy atom. The van der Waals surface area contributed by atoms with E-state index >= 15 is 4.39 Å². The van der Waals surface area contributed by atoms with Crippen molar-refractivity contribution in [2.24, 2.45) is 0 Å². The zero-order chi connectivity index (χ0) is 25.5. The van der Waals surface area contributed by atoms with Gasteiger partial charge < -0.3 is 19.4 Å². The average molecular weight is 500 g/mol. The van der Waals surface area contributed by atoms with E-state index in [2.05, 4.69) is 26.3 Å². The van der Waals surface area contributed by atoms with E-state index in [1.807, 2.05) is 13.0 Å². The Morgan fingerprint density at radius 3 is 2.68 bits per heavy atom. The van der Waals surface area contributed by atoms with Gasteiger partial charge in [-0.1, -0.05) is 6.07 Å². The predicted octanol–water partition coefficient (Wildman–Crippen LogP) is 3.93. The van der Waals surface area contributed by atoms with Crippen LogP contribution in [-0.2, 0) is 6.54 Å². The van der Waals surface area contributed by atoms with E-state index in [0.717, 1.165) is 12.8 Å². The number of fused-ring (bicyclic) bond motifs is 3. The summed E-state index contributed by atoms with van der Waals surface area (Å²) in [4.78, 5) is 17.8. The number of piperidine rings is 1. The van der Waals surface area contributed by atoms with E-state index in [1.54, 1.807) is 22.9 Å². The van der Waals surface area contributed by atoms with Gasteiger partial charge in [0.05, 0.1) is 24.9 Å². The number of ether oxygens (including phenoxy) is 2. The number of benzene rings is 1. The molecule has 188 valence electrons. The van der Waals surface area contributed by atoms with Crippen LogP contribution in [0.4, 0.5) is 4.39 Å². The van der Waals surface area contributed by atoms with Crippen LogP contribution in [0.15, 0.2) is 36.7 Å². The molecule has 10 heteroatoms. The quantitative estimate of drug-likeness (QED) is 0.425. The van der Waals surface area contributed by atoms with Crippen molar-refractivity contribution in [3.63, 3.8) is 0 Å². The second-order valence-electron chi connectivity index (χ2n) is 9.67. The van der Waals surface area contributed by atoms with Crippen molar-refractivity contribution in [3.05, 3.63) is 59.3 Å². The van der Waals surface area contributed by atoms with Gasteiger partial charge >= 0.3 is 6.01 Å². The number of pyridine rings is 1. The van der Waals surface area contributed by atoms with Crippen molar-refractivity contribution in [2.45, 2.75) is 57.3 Å². The zero-order valence-electron chi connectivity index (χ0n) is 20.6. The first-order chi connectivity index (χ1) is 18.0. The lowest BCUT2D eigenvalue weighted by molar-refractivity contribution is 0.137. The molecule has 2 fully saturated rings. The standard InChI is InChI=1S/C27H26FN7O2/c1-15-24-26(34-27(31-15)36-2)35(25(33-24)18-7-16(11-29)12-30-13-18)14-17-3-6-21(10-23(17)28)37-22-8-19-4-5-20(9-22)32-19/h3,6-7,10,12-13,19-20,22,32H,4-5,8-9,14H2,1-2H3/t19-,20+,22?. The molecule has 37 heavy (non-hydrogen) atoms. The molecule has 1 N–H and O–H groups in total. The molecule has 0 radical (unpaired) electrons. The van der Waals surface area contributed by atoms with Crippen molar-refractivity contribution in [3.8, 4) is 29.2 Å². The third kappa shape index (κ3) is 4.47. The molecule has 6 rings (SSSR count). The lowest BCUT2D eigenvalue weighted by Crippen LogP contribution is -2.42. The molecule has 0 aliphatic carbocycles. The van der Waals surface area contributed by atoms with Gasteiger partial charge in [0.15, 0.2) is 5.65 Å². The molecule has 9 nitrogen and oxygen atoms in total. The number of imidazole rings is 1. The van der Waals surface area contributed by atoms with Crippen LogP contribution in [0.1, 0.15) is 42.5 Å². The highest BCUT2D eigenvalue weighted by Crippen LogP contribution is 2.31. The predicted molar refractivity (Wildman–Crippen MR) is 134 cm³/mol. The van der Waals surface area contributed by atoms with Gasteiger partial charge in [0, 0.05) is 41.7 Å². The molecule has 1 unspecified atom stereocenters. The summed E-state index contributed by atoms with van der Waals surface area (Å²) in [6, 6.07) is 10.0. The highest BCUT2D eigenvalue weighted by atomic mass is 19.1. The number of aryl methyl sites for hydroxylation is 1. The fourth-order valence-electron chi connectivity index (χ4n) is 5.39. The second kappa shape index (κ2) is 9.41. The number of methoxy groups -OCH3 is 1. The molecule has 1 aromatic carbocycles. The summed E-state index contributed by atoms with van der Waals surface area (Å²) < 4.78 is 28.6. The maximum absolute atomic E-state index is 15.4. The van der Waals surface area contributed by atoms with Gasteiger partial charge in [-0.3, -0.25) is 4.98 Å². The third-order valence-corrected chi connectivity index (χ3v) is 7.14. The molecule has 0 saturated carbocycles. The maximum Gasteiger partial charge on any atom is 0.318 e. The number of hydrogen-bond donors (Lipinski definition) is 1. The van der Waals surface area contributed by atoms with E-state index in [0.29, 0.717) is 57.2 Å². The topological polar surface area (TPSA) is 111 Å². The van der Waals surface area contributed by atoms with Crippen LogP contribution in [-0.4, -0.2) is 49.8 Å². The molecule has 3 atom stereocenters. The van der Waals surface area contributed by atoms with Crippen LogP contribution < -0.4 is 14.8 Å². The molecule has 5 heterocycles.